The van der Waals surface area contributed by atoms with Crippen LogP contribution in [0.3, 0.4) is 0 Å². The molecule has 2 aliphatic rings. The van der Waals surface area contributed by atoms with E-state index < -0.39 is 6.04 Å². The molecule has 1 atom stereocenters. The quantitative estimate of drug-likeness (QED) is 0.801. The van der Waals surface area contributed by atoms with Gasteiger partial charge in [-0.3, -0.25) is 24.3 Å². The number of aromatic nitrogens is 1. The molecule has 1 saturated heterocycles. The zero-order valence-electron chi connectivity index (χ0n) is 13.6. The van der Waals surface area contributed by atoms with E-state index in [0.29, 0.717) is 18.7 Å². The summed E-state index contributed by atoms with van der Waals surface area (Å²) in [7, 11) is 0. The van der Waals surface area contributed by atoms with Crippen LogP contribution in [0.1, 0.15) is 34.5 Å². The summed E-state index contributed by atoms with van der Waals surface area (Å²) in [5.74, 6) is -0.725. The van der Waals surface area contributed by atoms with Crippen LogP contribution in [-0.4, -0.2) is 38.5 Å². The lowest BCUT2D eigenvalue weighted by molar-refractivity contribution is -0.153. The molecule has 0 bridgehead atoms. The van der Waals surface area contributed by atoms with Gasteiger partial charge in [-0.1, -0.05) is 36.4 Å². The zero-order chi connectivity index (χ0) is 17.4. The maximum atomic E-state index is 12.9. The van der Waals surface area contributed by atoms with E-state index in [2.05, 4.69) is 4.98 Å². The summed E-state index contributed by atoms with van der Waals surface area (Å²) >= 11 is 0. The molecule has 0 spiro atoms. The predicted octanol–water partition coefficient (Wildman–Crippen LogP) is 1.76. The molecule has 3 heterocycles. The maximum Gasteiger partial charge on any atom is 0.273 e. The molecule has 0 saturated carbocycles. The molecule has 1 unspecified atom stereocenters. The average molecular weight is 335 g/mol. The van der Waals surface area contributed by atoms with Crippen molar-refractivity contribution in [2.24, 2.45) is 0 Å². The van der Waals surface area contributed by atoms with Gasteiger partial charge in [-0.05, 0) is 18.1 Å². The summed E-state index contributed by atoms with van der Waals surface area (Å²) in [6.07, 6.45) is 2.20. The predicted molar refractivity (Wildman–Crippen MR) is 89.1 cm³/mol. The van der Waals surface area contributed by atoms with Crippen LogP contribution in [0.4, 0.5) is 0 Å². The van der Waals surface area contributed by atoms with E-state index >= 15 is 0 Å². The molecule has 4 rings (SSSR count). The molecule has 1 fully saturated rings. The second kappa shape index (κ2) is 6.12. The lowest BCUT2D eigenvalue weighted by Gasteiger charge is -2.35. The Balaban J connectivity index is 1.57. The van der Waals surface area contributed by atoms with E-state index in [9.17, 15) is 14.4 Å². The third-order valence-corrected chi connectivity index (χ3v) is 4.74. The van der Waals surface area contributed by atoms with Gasteiger partial charge in [-0.2, -0.15) is 0 Å². The molecule has 3 amide bonds. The van der Waals surface area contributed by atoms with Gasteiger partial charge in [-0.15, -0.1) is 0 Å². The Bertz CT molecular complexity index is 850. The first kappa shape index (κ1) is 15.5. The minimum atomic E-state index is -0.608. The third-order valence-electron chi connectivity index (χ3n) is 4.74. The fourth-order valence-corrected chi connectivity index (χ4v) is 3.44. The van der Waals surface area contributed by atoms with Crippen LogP contribution in [-0.2, 0) is 22.7 Å². The molecule has 0 radical (unpaired) electrons. The summed E-state index contributed by atoms with van der Waals surface area (Å²) in [6, 6.07) is 12.4. The minimum absolute atomic E-state index is 0.188. The van der Waals surface area contributed by atoms with Gasteiger partial charge in [0.25, 0.3) is 11.8 Å². The molecule has 1 aromatic heterocycles. The number of nitrogens with zero attached hydrogens (tertiary/aromatic N) is 3. The Morgan fingerprint density at radius 3 is 2.60 bits per heavy atom. The zero-order valence-corrected chi connectivity index (χ0v) is 13.6. The molecule has 25 heavy (non-hydrogen) atoms. The van der Waals surface area contributed by atoms with Gasteiger partial charge in [0, 0.05) is 24.7 Å². The molecule has 2 aliphatic heterocycles. The highest BCUT2D eigenvalue weighted by Gasteiger charge is 2.42. The van der Waals surface area contributed by atoms with Crippen LogP contribution in [0.15, 0.2) is 48.7 Å². The van der Waals surface area contributed by atoms with Crippen LogP contribution in [0.25, 0.3) is 0 Å². The van der Waals surface area contributed by atoms with E-state index in [0.717, 1.165) is 11.1 Å². The van der Waals surface area contributed by atoms with Gasteiger partial charge in [0.05, 0.1) is 6.54 Å². The number of imide groups is 1. The first-order valence-corrected chi connectivity index (χ1v) is 8.28. The van der Waals surface area contributed by atoms with Crippen molar-refractivity contribution in [3.8, 4) is 0 Å². The number of carbonyl (C=O) groups is 3. The molecule has 126 valence electrons. The lowest BCUT2D eigenvalue weighted by Crippen LogP contribution is -2.54. The van der Waals surface area contributed by atoms with Crippen molar-refractivity contribution in [1.29, 1.82) is 0 Å². The first-order valence-electron chi connectivity index (χ1n) is 8.28. The lowest BCUT2D eigenvalue weighted by atomic mass is 10.0. The Morgan fingerprint density at radius 2 is 1.84 bits per heavy atom. The van der Waals surface area contributed by atoms with Gasteiger partial charge < -0.3 is 4.90 Å². The molecular weight excluding hydrogens is 318 g/mol. The highest BCUT2D eigenvalue weighted by molar-refractivity contribution is 6.04. The van der Waals surface area contributed by atoms with Gasteiger partial charge >= 0.3 is 0 Å². The largest absolute Gasteiger partial charge is 0.321 e. The SMILES string of the molecule is O=C1CCC(N2Cc3cccnc3C2=O)C(=O)N1Cc1ccccc1. The normalized spacial score (nSPS) is 20.2. The third kappa shape index (κ3) is 2.69. The number of hydrogen-bond acceptors (Lipinski definition) is 4. The van der Waals surface area contributed by atoms with Crippen molar-refractivity contribution < 1.29 is 14.4 Å². The van der Waals surface area contributed by atoms with E-state index in [1.807, 2.05) is 36.4 Å². The molecule has 6 nitrogen and oxygen atoms in total. The number of benzene rings is 1. The first-order chi connectivity index (χ1) is 12.1. The molecule has 1 aromatic carbocycles. The second-order valence-electron chi connectivity index (χ2n) is 6.30. The van der Waals surface area contributed by atoms with Gasteiger partial charge in [0.1, 0.15) is 11.7 Å². The van der Waals surface area contributed by atoms with Crippen LogP contribution in [0.2, 0.25) is 0 Å². The molecule has 2 aromatic rings. The highest BCUT2D eigenvalue weighted by Crippen LogP contribution is 2.28. The van der Waals surface area contributed by atoms with Crippen molar-refractivity contribution in [2.45, 2.75) is 32.0 Å². The molecule has 0 N–H and O–H groups in total. The highest BCUT2D eigenvalue weighted by atomic mass is 16.2. The number of amides is 3. The van der Waals surface area contributed by atoms with Crippen molar-refractivity contribution in [3.05, 3.63) is 65.5 Å². The van der Waals surface area contributed by atoms with Crippen molar-refractivity contribution in [2.75, 3.05) is 0 Å². The average Bonchev–Trinajstić information content (AvgIpc) is 2.97. The summed E-state index contributed by atoms with van der Waals surface area (Å²) < 4.78 is 0. The van der Waals surface area contributed by atoms with Gasteiger partial charge in [-0.25, -0.2) is 0 Å². The summed E-state index contributed by atoms with van der Waals surface area (Å²) in [6.45, 7) is 0.605. The number of fused-ring (bicyclic) bond motifs is 1. The summed E-state index contributed by atoms with van der Waals surface area (Å²) in [5.41, 5.74) is 2.12. The van der Waals surface area contributed by atoms with Crippen molar-refractivity contribution in [3.63, 3.8) is 0 Å². The van der Waals surface area contributed by atoms with Crippen molar-refractivity contribution >= 4 is 17.7 Å². The number of rotatable bonds is 3. The number of piperidine rings is 1. The molecule has 0 aliphatic carbocycles. The van der Waals surface area contributed by atoms with Gasteiger partial charge in [0.2, 0.25) is 5.91 Å². The Hall–Kier alpha value is -3.02. The fourth-order valence-electron chi connectivity index (χ4n) is 3.44. The van der Waals surface area contributed by atoms with Crippen molar-refractivity contribution in [1.82, 2.24) is 14.8 Å². The Labute approximate surface area is 145 Å². The monoisotopic (exact) mass is 335 g/mol. The smallest absolute Gasteiger partial charge is 0.273 e. The number of carbonyl (C=O) groups excluding carboxylic acids is 3. The Kier molecular flexibility index (Phi) is 3.80. The van der Waals surface area contributed by atoms with E-state index in [-0.39, 0.29) is 30.7 Å². The van der Waals surface area contributed by atoms with Crippen LogP contribution in [0, 0.1) is 0 Å². The summed E-state index contributed by atoms with van der Waals surface area (Å²) in [5, 5.41) is 0. The van der Waals surface area contributed by atoms with Crippen LogP contribution < -0.4 is 0 Å². The number of hydrogen-bond donors (Lipinski definition) is 0. The Morgan fingerprint density at radius 1 is 1.04 bits per heavy atom. The van der Waals surface area contributed by atoms with Crippen LogP contribution >= 0.6 is 0 Å². The van der Waals surface area contributed by atoms with E-state index in [4.69, 9.17) is 0 Å². The van der Waals surface area contributed by atoms with E-state index in [1.54, 1.807) is 17.2 Å². The fraction of sp³-hybridized carbons (Fsp3) is 0.263. The summed E-state index contributed by atoms with van der Waals surface area (Å²) in [4.78, 5) is 44.7. The molecular formula is C19H17N3O3. The van der Waals surface area contributed by atoms with E-state index in [1.165, 1.54) is 4.90 Å². The molecule has 6 heteroatoms. The number of pyridine rings is 1. The maximum absolute atomic E-state index is 12.9. The number of likely N-dealkylation sites (tertiary alicyclic amines) is 1. The second-order valence-corrected chi connectivity index (χ2v) is 6.30. The standard InChI is InChI=1S/C19H17N3O3/c23-16-9-8-15(18(24)22(16)11-13-5-2-1-3-6-13)21-12-14-7-4-10-20-17(14)19(21)25/h1-7,10,15H,8-9,11-12H2. The topological polar surface area (TPSA) is 70.6 Å². The minimum Gasteiger partial charge on any atom is -0.321 e. The van der Waals surface area contributed by atoms with Gasteiger partial charge in [0.15, 0.2) is 0 Å². The van der Waals surface area contributed by atoms with Crippen LogP contribution in [0.5, 0.6) is 0 Å².